The fourth-order valence-electron chi connectivity index (χ4n) is 2.09. The van der Waals surface area contributed by atoms with E-state index < -0.39 is 11.5 Å². The highest BCUT2D eigenvalue weighted by atomic mass is 16.4. The minimum atomic E-state index is -1.23. The third kappa shape index (κ3) is 0.928. The Hall–Kier alpha value is -1.36. The third-order valence-corrected chi connectivity index (χ3v) is 2.99. The Morgan fingerprint density at radius 1 is 1.71 bits per heavy atom. The molecule has 1 aromatic rings. The maximum Gasteiger partial charge on any atom is 0.328 e. The van der Waals surface area contributed by atoms with Crippen LogP contribution >= 0.6 is 0 Å². The van der Waals surface area contributed by atoms with E-state index in [9.17, 15) is 4.79 Å². The average Bonchev–Trinajstić information content (AvgIpc) is 2.56. The number of carboxylic acid groups (broad SMARTS) is 1. The van der Waals surface area contributed by atoms with Gasteiger partial charge in [0.05, 0.1) is 5.69 Å². The lowest BCUT2D eigenvalue weighted by molar-refractivity contribution is -0.143. The first-order valence-electron chi connectivity index (χ1n) is 4.52. The first-order valence-corrected chi connectivity index (χ1v) is 4.52. The van der Waals surface area contributed by atoms with Gasteiger partial charge in [-0.2, -0.15) is 5.10 Å². The van der Waals surface area contributed by atoms with Gasteiger partial charge in [-0.15, -0.1) is 0 Å². The van der Waals surface area contributed by atoms with Crippen LogP contribution in [0, 0.1) is 6.92 Å². The minimum absolute atomic E-state index is 0.446. The quantitative estimate of drug-likeness (QED) is 0.656. The maximum atomic E-state index is 11.1. The van der Waals surface area contributed by atoms with E-state index in [2.05, 4.69) is 5.10 Å². The van der Waals surface area contributed by atoms with Gasteiger partial charge in [-0.3, -0.25) is 4.68 Å². The maximum absolute atomic E-state index is 11.1. The number of rotatable bonds is 1. The van der Waals surface area contributed by atoms with Crippen molar-refractivity contribution < 1.29 is 9.90 Å². The molecule has 76 valence electrons. The summed E-state index contributed by atoms with van der Waals surface area (Å²) in [5.41, 5.74) is 7.03. The summed E-state index contributed by atoms with van der Waals surface area (Å²) in [6.07, 6.45) is 1.10. The van der Waals surface area contributed by atoms with Crippen LogP contribution in [0.2, 0.25) is 0 Å². The average molecular weight is 195 g/mol. The molecular formula is C9H13N3O2. The first-order chi connectivity index (χ1) is 6.47. The number of aromatic nitrogens is 2. The Balaban J connectivity index is 2.63. The summed E-state index contributed by atoms with van der Waals surface area (Å²) in [6, 6.07) is 0. The molecule has 5 heteroatoms. The van der Waals surface area contributed by atoms with Gasteiger partial charge in [0.1, 0.15) is 5.54 Å². The van der Waals surface area contributed by atoms with Gasteiger partial charge in [-0.05, 0) is 19.8 Å². The van der Waals surface area contributed by atoms with Gasteiger partial charge < -0.3 is 10.8 Å². The molecule has 0 spiro atoms. The number of hydrogen-bond donors (Lipinski definition) is 2. The standard InChI is InChI=1S/C9H13N3O2/c1-5-7-6(11-12(5)2)3-4-9(7,10)8(13)14/h3-4,10H2,1-2H3,(H,13,14). The van der Waals surface area contributed by atoms with Gasteiger partial charge in [0.15, 0.2) is 0 Å². The molecule has 0 amide bonds. The Labute approximate surface area is 81.5 Å². The topological polar surface area (TPSA) is 81.1 Å². The molecule has 1 heterocycles. The molecule has 0 aliphatic heterocycles. The van der Waals surface area contributed by atoms with Gasteiger partial charge in [0.2, 0.25) is 0 Å². The third-order valence-electron chi connectivity index (χ3n) is 2.99. The normalized spacial score (nSPS) is 25.1. The van der Waals surface area contributed by atoms with E-state index in [4.69, 9.17) is 10.8 Å². The van der Waals surface area contributed by atoms with Crippen molar-refractivity contribution in [1.82, 2.24) is 9.78 Å². The van der Waals surface area contributed by atoms with Crippen LogP contribution in [-0.2, 0) is 23.8 Å². The molecular weight excluding hydrogens is 182 g/mol. The van der Waals surface area contributed by atoms with E-state index in [0.717, 1.165) is 11.4 Å². The van der Waals surface area contributed by atoms with Crippen molar-refractivity contribution in [3.63, 3.8) is 0 Å². The summed E-state index contributed by atoms with van der Waals surface area (Å²) in [5, 5.41) is 13.3. The second-order valence-electron chi connectivity index (χ2n) is 3.81. The van der Waals surface area contributed by atoms with E-state index in [0.29, 0.717) is 18.4 Å². The predicted octanol–water partition coefficient (Wildman–Crippen LogP) is -0.0867. The van der Waals surface area contributed by atoms with Crippen molar-refractivity contribution in [2.45, 2.75) is 25.3 Å². The van der Waals surface area contributed by atoms with Crippen molar-refractivity contribution in [2.75, 3.05) is 0 Å². The molecule has 0 bridgehead atoms. The highest BCUT2D eigenvalue weighted by Gasteiger charge is 2.45. The summed E-state index contributed by atoms with van der Waals surface area (Å²) in [7, 11) is 1.80. The van der Waals surface area contributed by atoms with Crippen molar-refractivity contribution >= 4 is 5.97 Å². The summed E-state index contributed by atoms with van der Waals surface area (Å²) in [6.45, 7) is 1.85. The van der Waals surface area contributed by atoms with E-state index in [1.165, 1.54) is 0 Å². The first kappa shape index (κ1) is 9.21. The fraction of sp³-hybridized carbons (Fsp3) is 0.556. The lowest BCUT2D eigenvalue weighted by atomic mass is 9.93. The molecule has 1 unspecified atom stereocenters. The number of carbonyl (C=O) groups is 1. The molecule has 14 heavy (non-hydrogen) atoms. The van der Waals surface area contributed by atoms with Gasteiger partial charge in [0, 0.05) is 18.3 Å². The van der Waals surface area contributed by atoms with Gasteiger partial charge in [0.25, 0.3) is 0 Å². The fourth-order valence-corrected chi connectivity index (χ4v) is 2.09. The molecule has 0 radical (unpaired) electrons. The van der Waals surface area contributed by atoms with E-state index in [1.807, 2.05) is 6.92 Å². The van der Waals surface area contributed by atoms with E-state index in [-0.39, 0.29) is 0 Å². The number of carboxylic acids is 1. The molecule has 3 N–H and O–H groups in total. The predicted molar refractivity (Wildman–Crippen MR) is 49.8 cm³/mol. The highest BCUT2D eigenvalue weighted by Crippen LogP contribution is 2.36. The zero-order valence-corrected chi connectivity index (χ0v) is 8.24. The summed E-state index contributed by atoms with van der Waals surface area (Å²) >= 11 is 0. The summed E-state index contributed by atoms with van der Waals surface area (Å²) < 4.78 is 1.69. The number of nitrogens with two attached hydrogens (primary N) is 1. The SMILES string of the molecule is Cc1c2c(nn1C)CCC2(N)C(=O)O. The molecule has 1 atom stereocenters. The van der Waals surface area contributed by atoms with Crippen LogP contribution in [0.15, 0.2) is 0 Å². The summed E-state index contributed by atoms with van der Waals surface area (Å²) in [4.78, 5) is 11.1. The molecule has 2 rings (SSSR count). The Bertz CT molecular complexity index is 410. The van der Waals surface area contributed by atoms with Crippen LogP contribution in [-0.4, -0.2) is 20.9 Å². The van der Waals surface area contributed by atoms with E-state index >= 15 is 0 Å². The van der Waals surface area contributed by atoms with Gasteiger partial charge in [-0.25, -0.2) is 4.79 Å². The van der Waals surface area contributed by atoms with Crippen molar-refractivity contribution in [3.05, 3.63) is 17.0 Å². The van der Waals surface area contributed by atoms with E-state index in [1.54, 1.807) is 11.7 Å². The molecule has 1 aliphatic carbocycles. The van der Waals surface area contributed by atoms with Crippen molar-refractivity contribution in [2.24, 2.45) is 12.8 Å². The molecule has 0 saturated heterocycles. The van der Waals surface area contributed by atoms with Crippen molar-refractivity contribution in [1.29, 1.82) is 0 Å². The molecule has 0 fully saturated rings. The smallest absolute Gasteiger partial charge is 0.328 e. The van der Waals surface area contributed by atoms with Crippen LogP contribution < -0.4 is 5.73 Å². The Morgan fingerprint density at radius 3 is 2.93 bits per heavy atom. The monoisotopic (exact) mass is 195 g/mol. The zero-order valence-electron chi connectivity index (χ0n) is 8.24. The molecule has 0 saturated carbocycles. The lowest BCUT2D eigenvalue weighted by Gasteiger charge is -2.19. The van der Waals surface area contributed by atoms with Gasteiger partial charge in [-0.1, -0.05) is 0 Å². The molecule has 0 aromatic carbocycles. The molecule has 1 aromatic heterocycles. The van der Waals surface area contributed by atoms with Crippen molar-refractivity contribution in [3.8, 4) is 0 Å². The van der Waals surface area contributed by atoms with Crippen LogP contribution in [0.25, 0.3) is 0 Å². The number of hydrogen-bond acceptors (Lipinski definition) is 3. The van der Waals surface area contributed by atoms with Crippen LogP contribution in [0.5, 0.6) is 0 Å². The largest absolute Gasteiger partial charge is 0.480 e. The number of aryl methyl sites for hydroxylation is 2. The lowest BCUT2D eigenvalue weighted by Crippen LogP contribution is -2.43. The Kier molecular flexibility index (Phi) is 1.69. The molecule has 1 aliphatic rings. The highest BCUT2D eigenvalue weighted by molar-refractivity contribution is 5.82. The van der Waals surface area contributed by atoms with Gasteiger partial charge >= 0.3 is 5.97 Å². The van der Waals surface area contributed by atoms with Crippen LogP contribution in [0.3, 0.4) is 0 Å². The van der Waals surface area contributed by atoms with Crippen LogP contribution in [0.4, 0.5) is 0 Å². The number of nitrogens with zero attached hydrogens (tertiary/aromatic N) is 2. The second kappa shape index (κ2) is 2.57. The Morgan fingerprint density at radius 2 is 2.36 bits per heavy atom. The summed E-state index contributed by atoms with van der Waals surface area (Å²) in [5.74, 6) is -0.965. The molecule has 5 nitrogen and oxygen atoms in total. The minimum Gasteiger partial charge on any atom is -0.480 e. The number of aliphatic carboxylic acids is 1. The second-order valence-corrected chi connectivity index (χ2v) is 3.81. The van der Waals surface area contributed by atoms with Crippen LogP contribution in [0.1, 0.15) is 23.4 Å². The zero-order chi connectivity index (χ0) is 10.5. The number of fused-ring (bicyclic) bond motifs is 1.